The Hall–Kier alpha value is -1.39. The van der Waals surface area contributed by atoms with Gasteiger partial charge in [-0.3, -0.25) is 4.98 Å². The number of nitrogens with one attached hydrogen (secondary N) is 1. The van der Waals surface area contributed by atoms with Gasteiger partial charge in [-0.05, 0) is 43.0 Å². The fourth-order valence-corrected chi connectivity index (χ4v) is 2.28. The molecule has 0 spiro atoms. The van der Waals surface area contributed by atoms with Gasteiger partial charge in [0.2, 0.25) is 0 Å². The number of rotatable bonds is 2. The summed E-state index contributed by atoms with van der Waals surface area (Å²) in [6.07, 6.45) is 5.47. The number of nitrogens with zero attached hydrogens (tertiary/aromatic N) is 1. The van der Waals surface area contributed by atoms with Crippen molar-refractivity contribution in [3.63, 3.8) is 0 Å². The molecule has 1 atom stereocenters. The Balaban J connectivity index is 0.00000133. The molecule has 19 heavy (non-hydrogen) atoms. The summed E-state index contributed by atoms with van der Waals surface area (Å²) in [6.45, 7) is 1.81. The van der Waals surface area contributed by atoms with Crippen molar-refractivity contribution in [3.8, 4) is 5.75 Å². The third-order valence-corrected chi connectivity index (χ3v) is 3.24. The zero-order valence-corrected chi connectivity index (χ0v) is 11.3. The van der Waals surface area contributed by atoms with E-state index in [1.54, 1.807) is 18.5 Å². The van der Waals surface area contributed by atoms with Crippen molar-refractivity contribution in [2.24, 2.45) is 0 Å². The molecule has 1 aromatic carbocycles. The predicted octanol–water partition coefficient (Wildman–Crippen LogP) is 2.93. The number of aromatic nitrogens is 1. The summed E-state index contributed by atoms with van der Waals surface area (Å²) in [4.78, 5) is 3.98. The first-order chi connectivity index (χ1) is 8.83. The number of pyridine rings is 1. The molecule has 1 N–H and O–H groups in total. The first kappa shape index (κ1) is 14.0. The van der Waals surface area contributed by atoms with E-state index in [2.05, 4.69) is 10.3 Å². The normalized spacial score (nSPS) is 18.9. The van der Waals surface area contributed by atoms with Gasteiger partial charge in [0.15, 0.2) is 11.6 Å². The van der Waals surface area contributed by atoms with Gasteiger partial charge in [-0.25, -0.2) is 4.39 Å². The summed E-state index contributed by atoms with van der Waals surface area (Å²) in [5, 5.41) is 5.00. The second-order valence-corrected chi connectivity index (χ2v) is 4.59. The van der Waals surface area contributed by atoms with Gasteiger partial charge in [0, 0.05) is 24.3 Å². The Labute approximate surface area is 117 Å². The highest BCUT2D eigenvalue weighted by atomic mass is 35.5. The van der Waals surface area contributed by atoms with Gasteiger partial charge >= 0.3 is 0 Å². The topological polar surface area (TPSA) is 34.1 Å². The molecule has 1 aromatic heterocycles. The minimum absolute atomic E-state index is 0. The molecular formula is C14H16ClFN2O. The molecule has 1 aliphatic heterocycles. The van der Waals surface area contributed by atoms with Crippen LogP contribution >= 0.6 is 12.4 Å². The van der Waals surface area contributed by atoms with Crippen molar-refractivity contribution in [2.45, 2.75) is 18.9 Å². The number of fused-ring (bicyclic) bond motifs is 1. The molecule has 1 fully saturated rings. The Bertz CT molecular complexity index is 558. The fourth-order valence-electron chi connectivity index (χ4n) is 2.28. The van der Waals surface area contributed by atoms with Crippen LogP contribution in [0.5, 0.6) is 5.75 Å². The van der Waals surface area contributed by atoms with Gasteiger partial charge < -0.3 is 10.1 Å². The molecule has 2 heterocycles. The van der Waals surface area contributed by atoms with Crippen LogP contribution < -0.4 is 10.1 Å². The standard InChI is InChI=1S/C14H15FN2O.ClH/c15-13-6-11-8-17-5-3-10(11)7-14(13)18-12-2-1-4-16-9-12;/h3,5-8,12,16H,1-2,4,9H2;1H. The van der Waals surface area contributed by atoms with E-state index in [4.69, 9.17) is 4.74 Å². The highest BCUT2D eigenvalue weighted by Crippen LogP contribution is 2.25. The summed E-state index contributed by atoms with van der Waals surface area (Å²) in [5.74, 6) is 0.0171. The van der Waals surface area contributed by atoms with Crippen molar-refractivity contribution < 1.29 is 9.13 Å². The number of ether oxygens (including phenoxy) is 1. The summed E-state index contributed by atoms with van der Waals surface area (Å²) in [5.41, 5.74) is 0. The van der Waals surface area contributed by atoms with Crippen LogP contribution in [-0.4, -0.2) is 24.2 Å². The van der Waals surface area contributed by atoms with Crippen molar-refractivity contribution >= 4 is 23.2 Å². The van der Waals surface area contributed by atoms with E-state index >= 15 is 0 Å². The quantitative estimate of drug-likeness (QED) is 0.920. The molecule has 1 aliphatic rings. The molecule has 0 aliphatic carbocycles. The Morgan fingerprint density at radius 1 is 1.32 bits per heavy atom. The van der Waals surface area contributed by atoms with Gasteiger partial charge in [0.05, 0.1) is 0 Å². The number of piperidine rings is 1. The molecule has 5 heteroatoms. The van der Waals surface area contributed by atoms with E-state index in [1.807, 2.05) is 6.07 Å². The molecule has 3 nitrogen and oxygen atoms in total. The molecule has 102 valence electrons. The smallest absolute Gasteiger partial charge is 0.165 e. The molecule has 0 radical (unpaired) electrons. The number of hydrogen-bond acceptors (Lipinski definition) is 3. The van der Waals surface area contributed by atoms with Crippen LogP contribution in [0.1, 0.15) is 12.8 Å². The monoisotopic (exact) mass is 282 g/mol. The van der Waals surface area contributed by atoms with E-state index in [-0.39, 0.29) is 24.3 Å². The average molecular weight is 283 g/mol. The van der Waals surface area contributed by atoms with Crippen molar-refractivity contribution in [2.75, 3.05) is 13.1 Å². The van der Waals surface area contributed by atoms with Crippen molar-refractivity contribution in [3.05, 3.63) is 36.4 Å². The van der Waals surface area contributed by atoms with E-state index in [0.29, 0.717) is 5.75 Å². The van der Waals surface area contributed by atoms with Gasteiger partial charge in [-0.1, -0.05) is 0 Å². The maximum Gasteiger partial charge on any atom is 0.165 e. The van der Waals surface area contributed by atoms with E-state index in [1.165, 1.54) is 6.07 Å². The average Bonchev–Trinajstić information content (AvgIpc) is 2.41. The van der Waals surface area contributed by atoms with Gasteiger partial charge in [0.1, 0.15) is 6.10 Å². The Morgan fingerprint density at radius 2 is 2.21 bits per heavy atom. The fraction of sp³-hybridized carbons (Fsp3) is 0.357. The largest absolute Gasteiger partial charge is 0.486 e. The Kier molecular flexibility index (Phi) is 4.56. The van der Waals surface area contributed by atoms with Crippen LogP contribution in [-0.2, 0) is 0 Å². The maximum atomic E-state index is 13.9. The van der Waals surface area contributed by atoms with Gasteiger partial charge in [0.25, 0.3) is 0 Å². The van der Waals surface area contributed by atoms with Crippen LogP contribution in [0, 0.1) is 5.82 Å². The van der Waals surface area contributed by atoms with Crippen molar-refractivity contribution in [1.82, 2.24) is 10.3 Å². The van der Waals surface area contributed by atoms with Crippen LogP contribution in [0.25, 0.3) is 10.8 Å². The van der Waals surface area contributed by atoms with Gasteiger partial charge in [-0.2, -0.15) is 0 Å². The van der Waals surface area contributed by atoms with E-state index in [0.717, 1.165) is 36.7 Å². The molecule has 0 bridgehead atoms. The zero-order valence-electron chi connectivity index (χ0n) is 10.4. The van der Waals surface area contributed by atoms with E-state index < -0.39 is 0 Å². The summed E-state index contributed by atoms with van der Waals surface area (Å²) < 4.78 is 19.6. The maximum absolute atomic E-state index is 13.9. The van der Waals surface area contributed by atoms with Crippen molar-refractivity contribution in [1.29, 1.82) is 0 Å². The second-order valence-electron chi connectivity index (χ2n) is 4.59. The number of benzene rings is 1. The third kappa shape index (κ3) is 3.14. The lowest BCUT2D eigenvalue weighted by molar-refractivity contribution is 0.161. The number of hydrogen-bond donors (Lipinski definition) is 1. The lowest BCUT2D eigenvalue weighted by Crippen LogP contribution is -2.37. The summed E-state index contributed by atoms with van der Waals surface area (Å²) in [7, 11) is 0. The molecule has 1 unspecified atom stereocenters. The van der Waals surface area contributed by atoms with Crippen LogP contribution in [0.15, 0.2) is 30.6 Å². The first-order valence-corrected chi connectivity index (χ1v) is 6.23. The second kappa shape index (κ2) is 6.17. The lowest BCUT2D eigenvalue weighted by atomic mass is 10.1. The predicted molar refractivity (Wildman–Crippen MR) is 75.5 cm³/mol. The Morgan fingerprint density at radius 3 is 3.00 bits per heavy atom. The van der Waals surface area contributed by atoms with Crippen LogP contribution in [0.2, 0.25) is 0 Å². The highest BCUT2D eigenvalue weighted by molar-refractivity contribution is 5.85. The molecule has 1 saturated heterocycles. The summed E-state index contributed by atoms with van der Waals surface area (Å²) >= 11 is 0. The minimum atomic E-state index is -0.318. The molecule has 2 aromatic rings. The molecule has 3 rings (SSSR count). The first-order valence-electron chi connectivity index (χ1n) is 6.23. The minimum Gasteiger partial charge on any atom is -0.486 e. The lowest BCUT2D eigenvalue weighted by Gasteiger charge is -2.24. The zero-order chi connectivity index (χ0) is 12.4. The molecule has 0 amide bonds. The van der Waals surface area contributed by atoms with Crippen LogP contribution in [0.3, 0.4) is 0 Å². The van der Waals surface area contributed by atoms with Crippen LogP contribution in [0.4, 0.5) is 4.39 Å². The van der Waals surface area contributed by atoms with Gasteiger partial charge in [-0.15, -0.1) is 12.4 Å². The van der Waals surface area contributed by atoms with E-state index in [9.17, 15) is 4.39 Å². The summed E-state index contributed by atoms with van der Waals surface area (Å²) in [6, 6.07) is 5.09. The SMILES string of the molecule is Cl.Fc1cc2cnccc2cc1OC1CCCNC1. The molecular weight excluding hydrogens is 267 g/mol. The molecule has 0 saturated carbocycles. The number of halogens is 2. The highest BCUT2D eigenvalue weighted by Gasteiger charge is 2.16. The third-order valence-electron chi connectivity index (χ3n) is 3.24.